The van der Waals surface area contributed by atoms with E-state index in [0.717, 1.165) is 31.9 Å². The van der Waals surface area contributed by atoms with Gasteiger partial charge >= 0.3 is 0 Å². The van der Waals surface area contributed by atoms with E-state index in [2.05, 4.69) is 5.32 Å². The number of hydrogen-bond acceptors (Lipinski definition) is 2. The van der Waals surface area contributed by atoms with E-state index in [9.17, 15) is 13.9 Å². The monoisotopic (exact) mass is 213 g/mol. The highest BCUT2D eigenvalue weighted by molar-refractivity contribution is 5.37. The molecule has 1 aromatic rings. The maximum atomic E-state index is 13.1. The molecule has 1 heterocycles. The summed E-state index contributed by atoms with van der Waals surface area (Å²) in [5.74, 6) is -2.72. The lowest BCUT2D eigenvalue weighted by atomic mass is 9.96. The number of phenols is 1. The van der Waals surface area contributed by atoms with Crippen LogP contribution in [-0.2, 0) is 0 Å². The van der Waals surface area contributed by atoms with Crippen molar-refractivity contribution in [2.45, 2.75) is 25.3 Å². The predicted molar refractivity (Wildman–Crippen MR) is 52.6 cm³/mol. The van der Waals surface area contributed by atoms with Crippen LogP contribution in [0.3, 0.4) is 0 Å². The van der Waals surface area contributed by atoms with Gasteiger partial charge in [-0.3, -0.25) is 0 Å². The normalized spacial score (nSPS) is 21.6. The molecule has 0 aliphatic carbocycles. The fourth-order valence-electron chi connectivity index (χ4n) is 1.95. The van der Waals surface area contributed by atoms with Gasteiger partial charge in [-0.05, 0) is 25.5 Å². The van der Waals surface area contributed by atoms with Crippen LogP contribution in [0.1, 0.15) is 30.9 Å². The Bertz CT molecular complexity index is 362. The van der Waals surface area contributed by atoms with Crippen LogP contribution in [0.15, 0.2) is 12.1 Å². The van der Waals surface area contributed by atoms with Gasteiger partial charge in [-0.25, -0.2) is 4.39 Å². The summed E-state index contributed by atoms with van der Waals surface area (Å²) in [6.07, 6.45) is 2.97. The van der Waals surface area contributed by atoms with Gasteiger partial charge in [0.15, 0.2) is 11.6 Å². The maximum absolute atomic E-state index is 13.1. The van der Waals surface area contributed by atoms with E-state index in [0.29, 0.717) is 5.56 Å². The standard InChI is InChI=1S/C11H13F2NO/c12-8-5-4-7(11(15)10(8)13)9-3-1-2-6-14-9/h4-5,9,14-15H,1-3,6H2/t9-/m1/s1. The molecule has 1 saturated heterocycles. The van der Waals surface area contributed by atoms with Crippen molar-refractivity contribution in [1.82, 2.24) is 5.32 Å². The molecule has 1 fully saturated rings. The van der Waals surface area contributed by atoms with Crippen molar-refractivity contribution in [3.05, 3.63) is 29.3 Å². The molecule has 0 bridgehead atoms. The summed E-state index contributed by atoms with van der Waals surface area (Å²) in [6, 6.07) is 2.44. The van der Waals surface area contributed by atoms with Gasteiger partial charge in [0.1, 0.15) is 0 Å². The highest BCUT2D eigenvalue weighted by atomic mass is 19.2. The summed E-state index contributed by atoms with van der Waals surface area (Å²) in [4.78, 5) is 0. The molecular weight excluding hydrogens is 200 g/mol. The van der Waals surface area contributed by atoms with Gasteiger partial charge < -0.3 is 10.4 Å². The van der Waals surface area contributed by atoms with Crippen molar-refractivity contribution in [2.24, 2.45) is 0 Å². The molecule has 2 rings (SSSR count). The third-order valence-electron chi connectivity index (χ3n) is 2.79. The number of nitrogens with one attached hydrogen (secondary N) is 1. The smallest absolute Gasteiger partial charge is 0.200 e. The summed E-state index contributed by atoms with van der Waals surface area (Å²) < 4.78 is 25.9. The molecule has 1 aliphatic rings. The van der Waals surface area contributed by atoms with Gasteiger partial charge in [0.25, 0.3) is 0 Å². The molecule has 0 amide bonds. The lowest BCUT2D eigenvalue weighted by molar-refractivity contribution is 0.367. The molecule has 0 saturated carbocycles. The zero-order chi connectivity index (χ0) is 10.8. The summed E-state index contributed by atoms with van der Waals surface area (Å²) in [5.41, 5.74) is 0.452. The van der Waals surface area contributed by atoms with E-state index >= 15 is 0 Å². The topological polar surface area (TPSA) is 32.3 Å². The van der Waals surface area contributed by atoms with Crippen LogP contribution < -0.4 is 5.32 Å². The first-order valence-corrected chi connectivity index (χ1v) is 5.10. The van der Waals surface area contributed by atoms with Crippen molar-refractivity contribution < 1.29 is 13.9 Å². The highest BCUT2D eigenvalue weighted by Crippen LogP contribution is 2.32. The van der Waals surface area contributed by atoms with Gasteiger partial charge in [0.05, 0.1) is 0 Å². The third kappa shape index (κ3) is 1.95. The Kier molecular flexibility index (Phi) is 2.86. The Morgan fingerprint density at radius 1 is 1.27 bits per heavy atom. The molecule has 1 aliphatic heterocycles. The highest BCUT2D eigenvalue weighted by Gasteiger charge is 2.21. The minimum Gasteiger partial charge on any atom is -0.505 e. The van der Waals surface area contributed by atoms with Crippen LogP contribution in [0.5, 0.6) is 5.75 Å². The first kappa shape index (κ1) is 10.4. The van der Waals surface area contributed by atoms with Crippen molar-refractivity contribution in [1.29, 1.82) is 0 Å². The third-order valence-corrected chi connectivity index (χ3v) is 2.79. The van der Waals surface area contributed by atoms with Crippen molar-refractivity contribution >= 4 is 0 Å². The van der Waals surface area contributed by atoms with Crippen LogP contribution in [0.4, 0.5) is 8.78 Å². The number of hydrogen-bond donors (Lipinski definition) is 2. The second-order valence-corrected chi connectivity index (χ2v) is 3.80. The molecule has 1 aromatic carbocycles. The quantitative estimate of drug-likeness (QED) is 0.751. The lowest BCUT2D eigenvalue weighted by Gasteiger charge is -2.24. The van der Waals surface area contributed by atoms with Crippen molar-refractivity contribution in [3.8, 4) is 5.75 Å². The molecule has 1 atom stereocenters. The van der Waals surface area contributed by atoms with E-state index < -0.39 is 17.4 Å². The average molecular weight is 213 g/mol. The maximum Gasteiger partial charge on any atom is 0.200 e. The van der Waals surface area contributed by atoms with E-state index in [1.165, 1.54) is 6.07 Å². The second-order valence-electron chi connectivity index (χ2n) is 3.80. The van der Waals surface area contributed by atoms with Gasteiger partial charge in [-0.1, -0.05) is 12.5 Å². The van der Waals surface area contributed by atoms with Crippen LogP contribution in [0.2, 0.25) is 0 Å². The summed E-state index contributed by atoms with van der Waals surface area (Å²) in [5, 5.41) is 12.6. The van der Waals surface area contributed by atoms with Gasteiger partial charge in [0.2, 0.25) is 5.82 Å². The summed E-state index contributed by atoms with van der Waals surface area (Å²) in [7, 11) is 0. The molecular formula is C11H13F2NO. The molecule has 4 heteroatoms. The second kappa shape index (κ2) is 4.14. The van der Waals surface area contributed by atoms with Crippen LogP contribution >= 0.6 is 0 Å². The molecule has 0 spiro atoms. The number of aromatic hydroxyl groups is 1. The Hall–Kier alpha value is -1.16. The SMILES string of the molecule is Oc1c([C@H]2CCCCN2)ccc(F)c1F. The number of phenolic OH excluding ortho intramolecular Hbond substituents is 1. The minimum absolute atomic E-state index is 0.0613. The van der Waals surface area contributed by atoms with Gasteiger partial charge in [-0.15, -0.1) is 0 Å². The lowest BCUT2D eigenvalue weighted by Crippen LogP contribution is -2.27. The van der Waals surface area contributed by atoms with Gasteiger partial charge in [-0.2, -0.15) is 4.39 Å². The Balaban J connectivity index is 2.31. The molecule has 2 N–H and O–H groups in total. The minimum atomic E-state index is -1.15. The zero-order valence-electron chi connectivity index (χ0n) is 8.26. The molecule has 2 nitrogen and oxygen atoms in total. The molecule has 0 aromatic heterocycles. The zero-order valence-corrected chi connectivity index (χ0v) is 8.26. The number of benzene rings is 1. The van der Waals surface area contributed by atoms with E-state index in [-0.39, 0.29) is 6.04 Å². The molecule has 15 heavy (non-hydrogen) atoms. The average Bonchev–Trinajstić information content (AvgIpc) is 2.27. The van der Waals surface area contributed by atoms with Crippen LogP contribution in [-0.4, -0.2) is 11.7 Å². The predicted octanol–water partition coefficient (Wildman–Crippen LogP) is 2.49. The number of halogens is 2. The largest absolute Gasteiger partial charge is 0.505 e. The number of rotatable bonds is 1. The van der Waals surface area contributed by atoms with E-state index in [1.807, 2.05) is 0 Å². The number of piperidine rings is 1. The Morgan fingerprint density at radius 3 is 2.73 bits per heavy atom. The van der Waals surface area contributed by atoms with E-state index in [4.69, 9.17) is 0 Å². The molecule has 0 radical (unpaired) electrons. The van der Waals surface area contributed by atoms with Crippen LogP contribution in [0, 0.1) is 11.6 Å². The molecule has 82 valence electrons. The van der Waals surface area contributed by atoms with Crippen LogP contribution in [0.25, 0.3) is 0 Å². The van der Waals surface area contributed by atoms with Crippen molar-refractivity contribution in [2.75, 3.05) is 6.54 Å². The van der Waals surface area contributed by atoms with Crippen molar-refractivity contribution in [3.63, 3.8) is 0 Å². The summed E-state index contributed by atoms with van der Waals surface area (Å²) in [6.45, 7) is 0.850. The molecule has 0 unspecified atom stereocenters. The van der Waals surface area contributed by atoms with Gasteiger partial charge in [0, 0.05) is 11.6 Å². The fourth-order valence-corrected chi connectivity index (χ4v) is 1.95. The Morgan fingerprint density at radius 2 is 2.07 bits per heavy atom. The fraction of sp³-hybridized carbons (Fsp3) is 0.455. The first-order chi connectivity index (χ1) is 7.20. The van der Waals surface area contributed by atoms with E-state index in [1.54, 1.807) is 0 Å². The summed E-state index contributed by atoms with van der Waals surface area (Å²) >= 11 is 0. The Labute approximate surface area is 86.9 Å². The first-order valence-electron chi connectivity index (χ1n) is 5.10.